The minimum atomic E-state index is -4.88. The molecule has 10 nitrogen and oxygen atoms in total. The summed E-state index contributed by atoms with van der Waals surface area (Å²) in [5, 5.41) is 2.15. The highest BCUT2D eigenvalue weighted by molar-refractivity contribution is 7.86. The van der Waals surface area contributed by atoms with Crippen LogP contribution in [0.3, 0.4) is 0 Å². The Labute approximate surface area is 171 Å². The molecule has 4 rings (SSSR count). The van der Waals surface area contributed by atoms with E-state index in [9.17, 15) is 30.7 Å². The van der Waals surface area contributed by atoms with Crippen LogP contribution in [0.15, 0.2) is 52.4 Å². The number of nitrogens with two attached hydrogens (primary N) is 1. The Morgan fingerprint density at radius 2 is 1.73 bits per heavy atom. The van der Waals surface area contributed by atoms with Gasteiger partial charge in [0.05, 0.1) is 11.4 Å². The number of fused-ring (bicyclic) bond motifs is 1. The lowest BCUT2D eigenvalue weighted by Crippen LogP contribution is -2.18. The van der Waals surface area contributed by atoms with Gasteiger partial charge in [-0.15, -0.1) is 0 Å². The monoisotopic (exact) mass is 451 g/mol. The molecule has 0 spiro atoms. The molecule has 2 aromatic carbocycles. The fourth-order valence-corrected chi connectivity index (χ4v) is 4.99. The van der Waals surface area contributed by atoms with Crippen LogP contribution in [0.5, 0.6) is 0 Å². The van der Waals surface area contributed by atoms with Gasteiger partial charge in [0.25, 0.3) is 26.1 Å². The van der Waals surface area contributed by atoms with Gasteiger partial charge in [-0.3, -0.25) is 13.9 Å². The van der Waals surface area contributed by atoms with Crippen LogP contribution in [-0.4, -0.2) is 36.4 Å². The van der Waals surface area contributed by atoms with Crippen molar-refractivity contribution in [2.75, 3.05) is 11.1 Å². The molecule has 1 heterocycles. The second-order valence-electron chi connectivity index (χ2n) is 6.99. The largest absolute Gasteiger partial charge is 0.397 e. The zero-order valence-electron chi connectivity index (χ0n) is 15.3. The first kappa shape index (κ1) is 20.3. The third-order valence-electron chi connectivity index (χ3n) is 4.80. The molecule has 3 aromatic rings. The van der Waals surface area contributed by atoms with E-state index in [1.165, 1.54) is 24.3 Å². The van der Waals surface area contributed by atoms with Crippen LogP contribution >= 0.6 is 0 Å². The highest BCUT2D eigenvalue weighted by atomic mass is 32.2. The van der Waals surface area contributed by atoms with Gasteiger partial charge in [-0.1, -0.05) is 18.2 Å². The van der Waals surface area contributed by atoms with E-state index in [4.69, 9.17) is 5.73 Å². The first-order valence-electron chi connectivity index (χ1n) is 8.76. The molecule has 1 saturated carbocycles. The second-order valence-corrected chi connectivity index (χ2v) is 9.74. The standard InChI is InChI=1S/C18H17N3O7S2/c19-10-8-15(21(9-10)11-4-5-11)18(22)20-14-7-6-12-13(17(14)30(26,27)28)2-1-3-16(12)29(23,24)25/h1-3,6-9,11H,4-5,19H2,(H,20,22)(H,23,24,25)(H,26,27,28). The predicted octanol–water partition coefficient (Wildman–Crippen LogP) is 2.30. The topological polar surface area (TPSA) is 169 Å². The molecular weight excluding hydrogens is 434 g/mol. The second kappa shape index (κ2) is 6.80. The van der Waals surface area contributed by atoms with E-state index in [2.05, 4.69) is 5.32 Å². The van der Waals surface area contributed by atoms with E-state index in [-0.39, 0.29) is 28.2 Å². The third-order valence-corrected chi connectivity index (χ3v) is 6.67. The summed E-state index contributed by atoms with van der Waals surface area (Å²) in [5.41, 5.74) is 6.14. The number of nitrogens with one attached hydrogen (secondary N) is 1. The maximum atomic E-state index is 12.8. The van der Waals surface area contributed by atoms with E-state index in [1.807, 2.05) is 0 Å². The fourth-order valence-electron chi connectivity index (χ4n) is 3.43. The number of carbonyl (C=O) groups excluding carboxylic acids is 1. The van der Waals surface area contributed by atoms with E-state index >= 15 is 0 Å². The molecule has 0 radical (unpaired) electrons. The summed E-state index contributed by atoms with van der Waals surface area (Å²) in [6.07, 6.45) is 3.40. The number of carbonyl (C=O) groups is 1. The molecule has 0 saturated heterocycles. The van der Waals surface area contributed by atoms with Crippen LogP contribution < -0.4 is 11.1 Å². The molecule has 1 aliphatic carbocycles. The Kier molecular flexibility index (Phi) is 4.62. The highest BCUT2D eigenvalue weighted by Crippen LogP contribution is 2.38. The highest BCUT2D eigenvalue weighted by Gasteiger charge is 2.29. The fraction of sp³-hybridized carbons (Fsp3) is 0.167. The summed E-state index contributed by atoms with van der Waals surface area (Å²) in [6.45, 7) is 0. The molecule has 1 fully saturated rings. The van der Waals surface area contributed by atoms with Crippen LogP contribution in [0, 0.1) is 0 Å². The summed E-state index contributed by atoms with van der Waals surface area (Å²) in [4.78, 5) is 11.6. The van der Waals surface area contributed by atoms with E-state index < -0.39 is 35.9 Å². The number of anilines is 2. The van der Waals surface area contributed by atoms with Gasteiger partial charge in [0, 0.05) is 23.0 Å². The SMILES string of the molecule is Nc1cc(C(=O)Nc2ccc3c(S(=O)(=O)O)cccc3c2S(=O)(=O)O)n(C2CC2)c1. The van der Waals surface area contributed by atoms with Crippen molar-refractivity contribution in [1.82, 2.24) is 4.57 Å². The minimum Gasteiger partial charge on any atom is -0.397 e. The molecule has 0 bridgehead atoms. The lowest BCUT2D eigenvalue weighted by Gasteiger charge is -2.14. The summed E-state index contributed by atoms with van der Waals surface area (Å²) < 4.78 is 68.4. The van der Waals surface area contributed by atoms with Crippen molar-refractivity contribution in [3.8, 4) is 0 Å². The van der Waals surface area contributed by atoms with Gasteiger partial charge in [-0.25, -0.2) is 0 Å². The van der Waals surface area contributed by atoms with E-state index in [1.54, 1.807) is 10.8 Å². The molecule has 0 aliphatic heterocycles. The molecule has 12 heteroatoms. The van der Waals surface area contributed by atoms with Crippen molar-refractivity contribution in [2.45, 2.75) is 28.7 Å². The summed E-state index contributed by atoms with van der Waals surface area (Å²) in [6, 6.07) is 7.53. The van der Waals surface area contributed by atoms with Crippen LogP contribution in [0.2, 0.25) is 0 Å². The van der Waals surface area contributed by atoms with E-state index in [0.29, 0.717) is 5.69 Å². The number of nitrogen functional groups attached to an aromatic ring is 1. The van der Waals surface area contributed by atoms with Gasteiger partial charge in [0.15, 0.2) is 0 Å². The zero-order valence-corrected chi connectivity index (χ0v) is 16.9. The molecule has 5 N–H and O–H groups in total. The van der Waals surface area contributed by atoms with Gasteiger partial charge >= 0.3 is 0 Å². The van der Waals surface area contributed by atoms with Crippen LogP contribution in [-0.2, 0) is 20.2 Å². The Morgan fingerprint density at radius 1 is 1.03 bits per heavy atom. The minimum absolute atomic E-state index is 0.128. The van der Waals surface area contributed by atoms with Crippen molar-refractivity contribution in [1.29, 1.82) is 0 Å². The first-order valence-corrected chi connectivity index (χ1v) is 11.6. The molecular formula is C18H17N3O7S2. The average Bonchev–Trinajstić information content (AvgIpc) is 3.40. The lowest BCUT2D eigenvalue weighted by molar-refractivity contribution is 0.101. The summed E-state index contributed by atoms with van der Waals surface area (Å²) in [7, 11) is -9.54. The molecule has 1 aromatic heterocycles. The van der Waals surface area contributed by atoms with Crippen molar-refractivity contribution in [2.24, 2.45) is 0 Å². The quantitative estimate of drug-likeness (QED) is 0.428. The van der Waals surface area contributed by atoms with Crippen LogP contribution in [0.1, 0.15) is 29.4 Å². The Balaban J connectivity index is 1.87. The van der Waals surface area contributed by atoms with Gasteiger partial charge in [0.1, 0.15) is 15.5 Å². The van der Waals surface area contributed by atoms with Crippen LogP contribution in [0.25, 0.3) is 10.8 Å². The van der Waals surface area contributed by atoms with Crippen LogP contribution in [0.4, 0.5) is 11.4 Å². The molecule has 1 aliphatic rings. The van der Waals surface area contributed by atoms with Gasteiger partial charge < -0.3 is 15.6 Å². The van der Waals surface area contributed by atoms with Crippen molar-refractivity contribution >= 4 is 48.3 Å². The maximum Gasteiger partial charge on any atom is 0.297 e. The molecule has 0 atom stereocenters. The van der Waals surface area contributed by atoms with Gasteiger partial charge in [0.2, 0.25) is 0 Å². The Bertz CT molecular complexity index is 1410. The average molecular weight is 451 g/mol. The first-order chi connectivity index (χ1) is 14.0. The van der Waals surface area contributed by atoms with E-state index in [0.717, 1.165) is 25.0 Å². The maximum absolute atomic E-state index is 12.8. The number of hydrogen-bond donors (Lipinski definition) is 4. The number of rotatable bonds is 5. The number of nitrogens with zero attached hydrogens (tertiary/aromatic N) is 1. The van der Waals surface area contributed by atoms with Gasteiger partial charge in [-0.05, 0) is 31.0 Å². The van der Waals surface area contributed by atoms with Crippen molar-refractivity contribution < 1.29 is 30.7 Å². The number of aromatic nitrogens is 1. The number of hydrogen-bond acceptors (Lipinski definition) is 6. The molecule has 158 valence electrons. The predicted molar refractivity (Wildman–Crippen MR) is 109 cm³/mol. The summed E-state index contributed by atoms with van der Waals surface area (Å²) in [5.74, 6) is -0.645. The number of benzene rings is 2. The Morgan fingerprint density at radius 3 is 2.33 bits per heavy atom. The molecule has 1 amide bonds. The number of amides is 1. The Hall–Kier alpha value is -2.93. The molecule has 0 unspecified atom stereocenters. The summed E-state index contributed by atoms with van der Waals surface area (Å²) >= 11 is 0. The zero-order chi connectivity index (χ0) is 21.8. The third kappa shape index (κ3) is 3.65. The molecule has 30 heavy (non-hydrogen) atoms. The smallest absolute Gasteiger partial charge is 0.297 e. The van der Waals surface area contributed by atoms with Gasteiger partial charge in [-0.2, -0.15) is 16.8 Å². The van der Waals surface area contributed by atoms with Crippen molar-refractivity contribution in [3.63, 3.8) is 0 Å². The van der Waals surface area contributed by atoms with Crippen molar-refractivity contribution in [3.05, 3.63) is 48.3 Å². The normalized spacial score (nSPS) is 14.7. The lowest BCUT2D eigenvalue weighted by atomic mass is 10.1.